The molecule has 0 aliphatic rings. The van der Waals surface area contributed by atoms with E-state index in [2.05, 4.69) is 9.97 Å². The molecular formula is C13H13FN2O3S. The fraction of sp³-hybridized carbons (Fsp3) is 0.231. The van der Waals surface area contributed by atoms with Gasteiger partial charge in [0, 0.05) is 17.5 Å². The zero-order valence-corrected chi connectivity index (χ0v) is 12.0. The predicted molar refractivity (Wildman–Crippen MR) is 71.1 cm³/mol. The number of hydrogen-bond acceptors (Lipinski definition) is 5. The number of nitrogens with zero attached hydrogens (tertiary/aromatic N) is 2. The van der Waals surface area contributed by atoms with Gasteiger partial charge >= 0.3 is 0 Å². The lowest BCUT2D eigenvalue weighted by Crippen LogP contribution is -2.00. The molecule has 1 heterocycles. The predicted octanol–water partition coefficient (Wildman–Crippen LogP) is 2.43. The SMILES string of the molecule is Cc1ncnc(Oc2ccc(S(C)(=O)=O)cc2F)c1C. The van der Waals surface area contributed by atoms with Crippen LogP contribution in [0.15, 0.2) is 29.4 Å². The lowest BCUT2D eigenvalue weighted by atomic mass is 10.2. The maximum atomic E-state index is 13.9. The van der Waals surface area contributed by atoms with Crippen LogP contribution < -0.4 is 4.74 Å². The van der Waals surface area contributed by atoms with Gasteiger partial charge in [0.15, 0.2) is 21.4 Å². The van der Waals surface area contributed by atoms with Crippen LogP contribution >= 0.6 is 0 Å². The van der Waals surface area contributed by atoms with Crippen molar-refractivity contribution in [3.8, 4) is 11.6 Å². The monoisotopic (exact) mass is 296 g/mol. The minimum Gasteiger partial charge on any atom is -0.436 e. The number of aromatic nitrogens is 2. The summed E-state index contributed by atoms with van der Waals surface area (Å²) in [5.74, 6) is -0.606. The number of halogens is 1. The first-order valence-corrected chi connectivity index (χ1v) is 7.64. The average Bonchev–Trinajstić information content (AvgIpc) is 2.36. The van der Waals surface area contributed by atoms with Crippen LogP contribution in [-0.4, -0.2) is 24.6 Å². The molecule has 5 nitrogen and oxygen atoms in total. The number of sulfone groups is 1. The Bertz CT molecular complexity index is 760. The summed E-state index contributed by atoms with van der Waals surface area (Å²) in [6, 6.07) is 3.48. The van der Waals surface area contributed by atoms with Crippen LogP contribution in [0.4, 0.5) is 4.39 Å². The Balaban J connectivity index is 2.38. The molecule has 0 saturated carbocycles. The Hall–Kier alpha value is -2.02. The van der Waals surface area contributed by atoms with E-state index in [-0.39, 0.29) is 16.5 Å². The van der Waals surface area contributed by atoms with Crippen molar-refractivity contribution in [3.05, 3.63) is 41.6 Å². The maximum Gasteiger partial charge on any atom is 0.225 e. The molecule has 20 heavy (non-hydrogen) atoms. The van der Waals surface area contributed by atoms with Gasteiger partial charge in [0.05, 0.1) is 4.90 Å². The van der Waals surface area contributed by atoms with Gasteiger partial charge in [-0.05, 0) is 32.0 Å². The molecule has 0 aliphatic heterocycles. The molecule has 1 aromatic carbocycles. The van der Waals surface area contributed by atoms with Crippen molar-refractivity contribution >= 4 is 9.84 Å². The Labute approximate surface area is 116 Å². The Morgan fingerprint density at radius 1 is 1.20 bits per heavy atom. The second-order valence-electron chi connectivity index (χ2n) is 4.36. The lowest BCUT2D eigenvalue weighted by Gasteiger charge is -2.09. The highest BCUT2D eigenvalue weighted by molar-refractivity contribution is 7.90. The van der Waals surface area contributed by atoms with Gasteiger partial charge < -0.3 is 4.74 Å². The van der Waals surface area contributed by atoms with Crippen molar-refractivity contribution in [1.29, 1.82) is 0 Å². The molecular weight excluding hydrogens is 283 g/mol. The van der Waals surface area contributed by atoms with Crippen LogP contribution in [0, 0.1) is 19.7 Å². The van der Waals surface area contributed by atoms with Crippen molar-refractivity contribution in [2.45, 2.75) is 18.7 Å². The fourth-order valence-electron chi connectivity index (χ4n) is 1.52. The number of ether oxygens (including phenoxy) is 1. The molecule has 0 saturated heterocycles. The number of hydrogen-bond donors (Lipinski definition) is 0. The van der Waals surface area contributed by atoms with E-state index in [1.54, 1.807) is 13.8 Å². The molecule has 0 atom stereocenters. The molecule has 2 aromatic rings. The Morgan fingerprint density at radius 2 is 1.90 bits per heavy atom. The molecule has 0 fully saturated rings. The first-order chi connectivity index (χ1) is 9.29. The molecule has 0 amide bonds. The van der Waals surface area contributed by atoms with Crippen molar-refractivity contribution in [1.82, 2.24) is 9.97 Å². The summed E-state index contributed by atoms with van der Waals surface area (Å²) < 4.78 is 41.9. The third kappa shape index (κ3) is 2.93. The normalized spacial score (nSPS) is 11.4. The minimum atomic E-state index is -3.45. The topological polar surface area (TPSA) is 69.2 Å². The second-order valence-corrected chi connectivity index (χ2v) is 6.37. The van der Waals surface area contributed by atoms with Gasteiger partial charge in [-0.3, -0.25) is 0 Å². The summed E-state index contributed by atoms with van der Waals surface area (Å²) in [5, 5.41) is 0. The van der Waals surface area contributed by atoms with Gasteiger partial charge in [0.25, 0.3) is 0 Å². The summed E-state index contributed by atoms with van der Waals surface area (Å²) in [4.78, 5) is 7.81. The van der Waals surface area contributed by atoms with Crippen LogP contribution in [-0.2, 0) is 9.84 Å². The Morgan fingerprint density at radius 3 is 2.50 bits per heavy atom. The van der Waals surface area contributed by atoms with E-state index in [0.717, 1.165) is 18.0 Å². The average molecular weight is 296 g/mol. The van der Waals surface area contributed by atoms with E-state index in [4.69, 9.17) is 4.74 Å². The van der Waals surface area contributed by atoms with E-state index < -0.39 is 15.7 Å². The third-order valence-corrected chi connectivity index (χ3v) is 3.94. The number of aryl methyl sites for hydroxylation is 1. The summed E-state index contributed by atoms with van der Waals surface area (Å²) in [5.41, 5.74) is 1.42. The molecule has 1 aromatic heterocycles. The second kappa shape index (κ2) is 5.16. The highest BCUT2D eigenvalue weighted by atomic mass is 32.2. The van der Waals surface area contributed by atoms with Crippen LogP contribution in [0.5, 0.6) is 11.6 Å². The quantitative estimate of drug-likeness (QED) is 0.870. The van der Waals surface area contributed by atoms with E-state index >= 15 is 0 Å². The summed E-state index contributed by atoms with van der Waals surface area (Å²) >= 11 is 0. The molecule has 0 N–H and O–H groups in total. The number of benzene rings is 1. The summed E-state index contributed by atoms with van der Waals surface area (Å²) in [6.07, 6.45) is 2.33. The van der Waals surface area contributed by atoms with Gasteiger partial charge in [-0.2, -0.15) is 0 Å². The zero-order valence-electron chi connectivity index (χ0n) is 11.2. The van der Waals surface area contributed by atoms with Crippen molar-refractivity contribution in [3.63, 3.8) is 0 Å². The van der Waals surface area contributed by atoms with Gasteiger partial charge in [-0.25, -0.2) is 22.8 Å². The van der Waals surface area contributed by atoms with Crippen LogP contribution in [0.2, 0.25) is 0 Å². The molecule has 2 rings (SSSR count). The smallest absolute Gasteiger partial charge is 0.225 e. The van der Waals surface area contributed by atoms with E-state index in [1.165, 1.54) is 18.5 Å². The molecule has 0 bridgehead atoms. The summed E-state index contributed by atoms with van der Waals surface area (Å²) in [7, 11) is -3.45. The Kier molecular flexibility index (Phi) is 3.71. The standard InChI is InChI=1S/C13H13FN2O3S/c1-8-9(2)15-7-16-13(8)19-12-5-4-10(6-11(12)14)20(3,17)18/h4-7H,1-3H3. The van der Waals surface area contributed by atoms with Gasteiger partial charge in [-0.15, -0.1) is 0 Å². The van der Waals surface area contributed by atoms with Gasteiger partial charge in [0.2, 0.25) is 5.88 Å². The van der Waals surface area contributed by atoms with Crippen LogP contribution in [0.25, 0.3) is 0 Å². The highest BCUT2D eigenvalue weighted by Gasteiger charge is 2.14. The molecule has 106 valence electrons. The molecule has 0 unspecified atom stereocenters. The van der Waals surface area contributed by atoms with Crippen molar-refractivity contribution < 1.29 is 17.5 Å². The van der Waals surface area contributed by atoms with Crippen LogP contribution in [0.3, 0.4) is 0 Å². The number of rotatable bonds is 3. The maximum absolute atomic E-state index is 13.9. The van der Waals surface area contributed by atoms with E-state index in [9.17, 15) is 12.8 Å². The minimum absolute atomic E-state index is 0.0846. The van der Waals surface area contributed by atoms with Crippen molar-refractivity contribution in [2.75, 3.05) is 6.26 Å². The van der Waals surface area contributed by atoms with E-state index in [0.29, 0.717) is 5.56 Å². The molecule has 0 aliphatic carbocycles. The molecule has 7 heteroatoms. The lowest BCUT2D eigenvalue weighted by molar-refractivity contribution is 0.421. The van der Waals surface area contributed by atoms with Gasteiger partial charge in [-0.1, -0.05) is 0 Å². The first kappa shape index (κ1) is 14.4. The fourth-order valence-corrected chi connectivity index (χ4v) is 2.15. The molecule has 0 spiro atoms. The molecule has 0 radical (unpaired) electrons. The first-order valence-electron chi connectivity index (χ1n) is 5.74. The van der Waals surface area contributed by atoms with Crippen LogP contribution in [0.1, 0.15) is 11.3 Å². The third-order valence-electron chi connectivity index (χ3n) is 2.83. The summed E-state index contributed by atoms with van der Waals surface area (Å²) in [6.45, 7) is 3.54. The van der Waals surface area contributed by atoms with Crippen molar-refractivity contribution in [2.24, 2.45) is 0 Å². The zero-order chi connectivity index (χ0) is 14.9. The largest absolute Gasteiger partial charge is 0.436 e. The highest BCUT2D eigenvalue weighted by Crippen LogP contribution is 2.27. The van der Waals surface area contributed by atoms with Gasteiger partial charge in [0.1, 0.15) is 6.33 Å². The van der Waals surface area contributed by atoms with E-state index in [1.807, 2.05) is 0 Å².